The highest BCUT2D eigenvalue weighted by Gasteiger charge is 2.29. The predicted octanol–water partition coefficient (Wildman–Crippen LogP) is 3.03. The van der Waals surface area contributed by atoms with Crippen LogP contribution in [0.1, 0.15) is 38.2 Å². The molecule has 1 aliphatic carbocycles. The normalized spacial score (nSPS) is 21.0. The topological polar surface area (TPSA) is 64.6 Å². The van der Waals surface area contributed by atoms with Gasteiger partial charge in [0.05, 0.1) is 12.5 Å². The third kappa shape index (κ3) is 5.06. The Balaban J connectivity index is 1.75. The maximum Gasteiger partial charge on any atom is 0.407 e. The van der Waals surface area contributed by atoms with Crippen molar-refractivity contribution in [3.8, 4) is 0 Å². The summed E-state index contributed by atoms with van der Waals surface area (Å²) in [6.45, 7) is 2.45. The number of amides is 1. The molecular weight excluding hydrogens is 282 g/mol. The zero-order chi connectivity index (χ0) is 15.8. The average molecular weight is 305 g/mol. The molecule has 1 unspecified atom stereocenters. The van der Waals surface area contributed by atoms with Crippen LogP contribution in [-0.4, -0.2) is 24.7 Å². The van der Waals surface area contributed by atoms with Gasteiger partial charge in [-0.05, 0) is 31.7 Å². The van der Waals surface area contributed by atoms with Gasteiger partial charge in [-0.25, -0.2) is 4.79 Å². The second-order valence-electron chi connectivity index (χ2n) is 5.52. The summed E-state index contributed by atoms with van der Waals surface area (Å²) in [7, 11) is 0. The van der Waals surface area contributed by atoms with Gasteiger partial charge in [0.1, 0.15) is 6.61 Å². The zero-order valence-corrected chi connectivity index (χ0v) is 12.9. The summed E-state index contributed by atoms with van der Waals surface area (Å²) < 4.78 is 10.3. The first-order chi connectivity index (χ1) is 10.7. The summed E-state index contributed by atoms with van der Waals surface area (Å²) in [5, 5.41) is 2.85. The summed E-state index contributed by atoms with van der Waals surface area (Å²) in [5.74, 6) is -0.278. The smallest absolute Gasteiger partial charge is 0.407 e. The van der Waals surface area contributed by atoms with Crippen LogP contribution in [0.3, 0.4) is 0 Å². The summed E-state index contributed by atoms with van der Waals surface area (Å²) >= 11 is 0. The van der Waals surface area contributed by atoms with Gasteiger partial charge in [-0.1, -0.05) is 36.8 Å². The summed E-state index contributed by atoms with van der Waals surface area (Å²) in [6, 6.07) is 9.52. The Kier molecular flexibility index (Phi) is 6.25. The first-order valence-corrected chi connectivity index (χ1v) is 7.83. The lowest BCUT2D eigenvalue weighted by Gasteiger charge is -2.28. The number of nitrogens with one attached hydrogen (secondary N) is 1. The van der Waals surface area contributed by atoms with E-state index in [9.17, 15) is 9.59 Å². The molecule has 1 fully saturated rings. The third-order valence-corrected chi connectivity index (χ3v) is 3.83. The standard InChI is InChI=1S/C17H23NO4/c1-2-21-16(19)14-9-6-10-15(11-14)18-17(20)22-12-13-7-4-3-5-8-13/h3-5,7-8,14-15H,2,6,9-12H2,1H3,(H,18,20)/t14?,15-/m0/s1. The zero-order valence-electron chi connectivity index (χ0n) is 12.9. The van der Waals surface area contributed by atoms with E-state index in [0.29, 0.717) is 13.0 Å². The third-order valence-electron chi connectivity index (χ3n) is 3.83. The van der Waals surface area contributed by atoms with Crippen molar-refractivity contribution in [2.24, 2.45) is 5.92 Å². The molecule has 1 aromatic carbocycles. The number of hydrogen-bond donors (Lipinski definition) is 1. The number of rotatable bonds is 5. The van der Waals surface area contributed by atoms with Gasteiger partial charge in [-0.15, -0.1) is 0 Å². The molecule has 0 aromatic heterocycles. The van der Waals surface area contributed by atoms with Crippen LogP contribution in [0.25, 0.3) is 0 Å². The monoisotopic (exact) mass is 305 g/mol. The highest BCUT2D eigenvalue weighted by molar-refractivity contribution is 5.73. The lowest BCUT2D eigenvalue weighted by atomic mass is 9.86. The van der Waals surface area contributed by atoms with Crippen molar-refractivity contribution in [3.63, 3.8) is 0 Å². The van der Waals surface area contributed by atoms with Gasteiger partial charge in [-0.2, -0.15) is 0 Å². The average Bonchev–Trinajstić information content (AvgIpc) is 2.54. The van der Waals surface area contributed by atoms with E-state index in [1.165, 1.54) is 0 Å². The number of esters is 1. The predicted molar refractivity (Wildman–Crippen MR) is 82.1 cm³/mol. The minimum atomic E-state index is -0.432. The summed E-state index contributed by atoms with van der Waals surface area (Å²) in [4.78, 5) is 23.6. The molecule has 0 spiro atoms. The second-order valence-corrected chi connectivity index (χ2v) is 5.52. The molecule has 0 radical (unpaired) electrons. The molecule has 120 valence electrons. The first-order valence-electron chi connectivity index (χ1n) is 7.83. The van der Waals surface area contributed by atoms with Crippen molar-refractivity contribution in [2.75, 3.05) is 6.61 Å². The molecule has 1 saturated carbocycles. The van der Waals surface area contributed by atoms with Crippen molar-refractivity contribution in [2.45, 2.75) is 45.3 Å². The van der Waals surface area contributed by atoms with E-state index in [-0.39, 0.29) is 24.5 Å². The van der Waals surface area contributed by atoms with Crippen LogP contribution in [0.4, 0.5) is 4.79 Å². The number of alkyl carbamates (subject to hydrolysis) is 1. The lowest BCUT2D eigenvalue weighted by molar-refractivity contribution is -0.149. The van der Waals surface area contributed by atoms with Crippen LogP contribution in [0.2, 0.25) is 0 Å². The summed E-state index contributed by atoms with van der Waals surface area (Å²) in [6.07, 6.45) is 2.80. The highest BCUT2D eigenvalue weighted by Crippen LogP contribution is 2.25. The van der Waals surface area contributed by atoms with Crippen LogP contribution in [0.5, 0.6) is 0 Å². The van der Waals surface area contributed by atoms with E-state index in [1.807, 2.05) is 30.3 Å². The van der Waals surface area contributed by atoms with Crippen LogP contribution < -0.4 is 5.32 Å². The Labute approximate surface area is 131 Å². The highest BCUT2D eigenvalue weighted by atomic mass is 16.5. The Bertz CT molecular complexity index is 489. The van der Waals surface area contributed by atoms with Crippen molar-refractivity contribution in [1.29, 1.82) is 0 Å². The molecule has 0 aliphatic heterocycles. The van der Waals surface area contributed by atoms with Crippen LogP contribution >= 0.6 is 0 Å². The van der Waals surface area contributed by atoms with Gasteiger partial charge in [0.2, 0.25) is 0 Å². The largest absolute Gasteiger partial charge is 0.466 e. The molecule has 5 nitrogen and oxygen atoms in total. The van der Waals surface area contributed by atoms with Crippen molar-refractivity contribution < 1.29 is 19.1 Å². The van der Waals surface area contributed by atoms with Gasteiger partial charge in [0, 0.05) is 6.04 Å². The quantitative estimate of drug-likeness (QED) is 0.849. The molecule has 0 heterocycles. The lowest BCUT2D eigenvalue weighted by Crippen LogP contribution is -2.40. The van der Waals surface area contributed by atoms with E-state index in [4.69, 9.17) is 9.47 Å². The SMILES string of the molecule is CCOC(=O)C1CCC[C@H](NC(=O)OCc2ccccc2)C1. The molecule has 1 aliphatic rings. The Hall–Kier alpha value is -2.04. The fourth-order valence-electron chi connectivity index (χ4n) is 2.73. The molecule has 5 heteroatoms. The molecule has 2 atom stereocenters. The number of carbonyl (C=O) groups is 2. The van der Waals surface area contributed by atoms with Crippen molar-refractivity contribution in [3.05, 3.63) is 35.9 Å². The van der Waals surface area contributed by atoms with E-state index < -0.39 is 6.09 Å². The fraction of sp³-hybridized carbons (Fsp3) is 0.529. The number of carbonyl (C=O) groups excluding carboxylic acids is 2. The molecule has 2 rings (SSSR count). The van der Waals surface area contributed by atoms with E-state index >= 15 is 0 Å². The summed E-state index contributed by atoms with van der Waals surface area (Å²) in [5.41, 5.74) is 0.950. The minimum absolute atomic E-state index is 0.0218. The molecular formula is C17H23NO4. The molecule has 22 heavy (non-hydrogen) atoms. The Morgan fingerprint density at radius 2 is 1.95 bits per heavy atom. The van der Waals surface area contributed by atoms with Gasteiger partial charge >= 0.3 is 12.1 Å². The van der Waals surface area contributed by atoms with Crippen LogP contribution in [0, 0.1) is 5.92 Å². The van der Waals surface area contributed by atoms with Crippen LogP contribution in [0.15, 0.2) is 30.3 Å². The molecule has 1 N–H and O–H groups in total. The minimum Gasteiger partial charge on any atom is -0.466 e. The van der Waals surface area contributed by atoms with Gasteiger partial charge in [0.15, 0.2) is 0 Å². The van der Waals surface area contributed by atoms with Gasteiger partial charge < -0.3 is 14.8 Å². The maximum atomic E-state index is 11.8. The van der Waals surface area contributed by atoms with Crippen molar-refractivity contribution >= 4 is 12.1 Å². The number of hydrogen-bond acceptors (Lipinski definition) is 4. The molecule has 0 bridgehead atoms. The first kappa shape index (κ1) is 16.3. The molecule has 1 aromatic rings. The fourth-order valence-corrected chi connectivity index (χ4v) is 2.73. The molecule has 0 saturated heterocycles. The number of ether oxygens (including phenoxy) is 2. The number of benzene rings is 1. The van der Waals surface area contributed by atoms with E-state index in [2.05, 4.69) is 5.32 Å². The van der Waals surface area contributed by atoms with Crippen LogP contribution in [-0.2, 0) is 20.9 Å². The van der Waals surface area contributed by atoms with Gasteiger partial charge in [0.25, 0.3) is 0 Å². The van der Waals surface area contributed by atoms with Gasteiger partial charge in [-0.3, -0.25) is 4.79 Å². The second kappa shape index (κ2) is 8.41. The Morgan fingerprint density at radius 1 is 1.18 bits per heavy atom. The van der Waals surface area contributed by atoms with Crippen molar-refractivity contribution in [1.82, 2.24) is 5.32 Å². The maximum absolute atomic E-state index is 11.8. The Morgan fingerprint density at radius 3 is 2.68 bits per heavy atom. The van der Waals surface area contributed by atoms with E-state index in [1.54, 1.807) is 6.92 Å². The molecule has 1 amide bonds. The van der Waals surface area contributed by atoms with E-state index in [0.717, 1.165) is 24.8 Å².